The minimum absolute atomic E-state index is 0.0189. The Hall–Kier alpha value is -3.22. The fourth-order valence-corrected chi connectivity index (χ4v) is 3.02. The van der Waals surface area contributed by atoms with E-state index in [2.05, 4.69) is 9.83 Å². The Morgan fingerprint density at radius 1 is 1.07 bits per heavy atom. The van der Waals surface area contributed by atoms with Crippen molar-refractivity contribution >= 4 is 16.6 Å². The molecule has 0 fully saturated rings. The molecule has 10 heteroatoms. The van der Waals surface area contributed by atoms with Crippen LogP contribution in [0.3, 0.4) is 0 Å². The summed E-state index contributed by atoms with van der Waals surface area (Å²) < 4.78 is 84.8. The van der Waals surface area contributed by atoms with E-state index in [-0.39, 0.29) is 29.9 Å². The third-order valence-corrected chi connectivity index (χ3v) is 4.30. The fraction of sp³-hybridized carbons (Fsp3) is 0.263. The van der Waals surface area contributed by atoms with Crippen molar-refractivity contribution < 1.29 is 31.1 Å². The summed E-state index contributed by atoms with van der Waals surface area (Å²) in [6.45, 7) is 8.73. The van der Waals surface area contributed by atoms with E-state index in [4.69, 9.17) is 11.3 Å². The topological polar surface area (TPSA) is 31.4 Å². The van der Waals surface area contributed by atoms with Gasteiger partial charge in [-0.1, -0.05) is 6.07 Å². The summed E-state index contributed by atoms with van der Waals surface area (Å²) in [6.07, 6.45) is -8.54. The van der Waals surface area contributed by atoms with Crippen LogP contribution in [-0.2, 0) is 18.9 Å². The van der Waals surface area contributed by atoms with Crippen LogP contribution in [0.1, 0.15) is 16.8 Å². The maximum Gasteiger partial charge on any atom is 0.417 e. The van der Waals surface area contributed by atoms with Crippen molar-refractivity contribution in [2.45, 2.75) is 25.8 Å². The van der Waals surface area contributed by atoms with Gasteiger partial charge in [-0.15, -0.1) is 0 Å². The Morgan fingerprint density at radius 3 is 2.34 bits per heavy atom. The number of hydrogen-bond acceptors (Lipinski definition) is 2. The minimum Gasteiger partial charge on any atom is -0.476 e. The average Bonchev–Trinajstić information content (AvgIpc) is 2.95. The molecule has 0 radical (unpaired) electrons. The molecule has 0 atom stereocenters. The molecule has 0 aliphatic carbocycles. The number of alkyl halides is 6. The summed E-state index contributed by atoms with van der Waals surface area (Å²) >= 11 is 0. The van der Waals surface area contributed by atoms with Gasteiger partial charge in [0, 0.05) is 28.9 Å². The molecule has 0 saturated heterocycles. The largest absolute Gasteiger partial charge is 0.476 e. The molecule has 1 aromatic carbocycles. The number of halogens is 6. The molecule has 0 bridgehead atoms. The Bertz CT molecular complexity index is 1070. The lowest BCUT2D eigenvalue weighted by atomic mass is 10.1. The van der Waals surface area contributed by atoms with Gasteiger partial charge < -0.3 is 9.30 Å². The van der Waals surface area contributed by atoms with Crippen LogP contribution in [0.15, 0.2) is 36.5 Å². The second kappa shape index (κ2) is 7.31. The molecule has 2 heterocycles. The zero-order valence-corrected chi connectivity index (χ0v) is 14.9. The highest BCUT2D eigenvalue weighted by atomic mass is 19.4. The number of fused-ring (bicyclic) bond motifs is 1. The average molecular weight is 413 g/mol. The number of aromatic nitrogens is 2. The maximum atomic E-state index is 13.4. The van der Waals surface area contributed by atoms with E-state index >= 15 is 0 Å². The van der Waals surface area contributed by atoms with E-state index in [1.807, 2.05) is 0 Å². The molecule has 0 unspecified atom stereocenters. The highest BCUT2D eigenvalue weighted by Crippen LogP contribution is 2.42. The lowest BCUT2D eigenvalue weighted by Crippen LogP contribution is -2.11. The summed E-state index contributed by atoms with van der Waals surface area (Å²) in [6, 6.07) is 5.81. The standard InChI is InChI=1S/C19H13F6N3O/c1-11-9-13-15(5-4-14(26-2)17(13)19(23,24)25)28(11)7-8-29-16-6-3-12(10-27-16)18(20,21)22/h3-6,9-10H,7-8H2,1H3. The molecule has 0 aliphatic rings. The van der Waals surface area contributed by atoms with Crippen LogP contribution < -0.4 is 4.74 Å². The highest BCUT2D eigenvalue weighted by molar-refractivity contribution is 5.90. The van der Waals surface area contributed by atoms with E-state index in [1.165, 1.54) is 12.1 Å². The highest BCUT2D eigenvalue weighted by Gasteiger charge is 2.36. The minimum atomic E-state index is -4.68. The summed E-state index contributed by atoms with van der Waals surface area (Å²) in [4.78, 5) is 6.54. The number of nitrogens with zero attached hydrogens (tertiary/aromatic N) is 3. The lowest BCUT2D eigenvalue weighted by molar-refractivity contribution is -0.138. The van der Waals surface area contributed by atoms with Crippen molar-refractivity contribution in [3.8, 4) is 5.88 Å². The first-order valence-electron chi connectivity index (χ1n) is 8.26. The Balaban J connectivity index is 1.83. The molecular weight excluding hydrogens is 400 g/mol. The molecule has 152 valence electrons. The van der Waals surface area contributed by atoms with Crippen molar-refractivity contribution in [1.29, 1.82) is 0 Å². The second-order valence-corrected chi connectivity index (χ2v) is 6.17. The zero-order valence-electron chi connectivity index (χ0n) is 14.9. The molecule has 29 heavy (non-hydrogen) atoms. The van der Waals surface area contributed by atoms with Gasteiger partial charge >= 0.3 is 12.4 Å². The molecule has 3 rings (SSSR count). The van der Waals surface area contributed by atoms with E-state index in [0.717, 1.165) is 18.2 Å². The van der Waals surface area contributed by atoms with Crippen molar-refractivity contribution in [2.75, 3.05) is 6.61 Å². The SMILES string of the molecule is [C-]#[N+]c1ccc2c(cc(C)n2CCOc2ccc(C(F)(F)F)cn2)c1C(F)(F)F. The first-order chi connectivity index (χ1) is 13.5. The van der Waals surface area contributed by atoms with Gasteiger partial charge in [0.25, 0.3) is 0 Å². The normalized spacial score (nSPS) is 12.2. The summed E-state index contributed by atoms with van der Waals surface area (Å²) in [5, 5.41) is -0.0869. The lowest BCUT2D eigenvalue weighted by Gasteiger charge is -2.13. The molecule has 0 amide bonds. The monoisotopic (exact) mass is 413 g/mol. The molecule has 4 nitrogen and oxygen atoms in total. The van der Waals surface area contributed by atoms with Crippen LogP contribution in [0.25, 0.3) is 15.7 Å². The van der Waals surface area contributed by atoms with Crippen LogP contribution >= 0.6 is 0 Å². The molecule has 0 saturated carbocycles. The van der Waals surface area contributed by atoms with Gasteiger partial charge in [0.1, 0.15) is 6.61 Å². The first-order valence-corrected chi connectivity index (χ1v) is 8.26. The predicted molar refractivity (Wildman–Crippen MR) is 92.7 cm³/mol. The molecule has 0 N–H and O–H groups in total. The number of benzene rings is 1. The summed E-state index contributed by atoms with van der Waals surface area (Å²) in [5.41, 5.74) is -1.57. The number of aryl methyl sites for hydroxylation is 1. The van der Waals surface area contributed by atoms with Crippen LogP contribution in [0.5, 0.6) is 5.88 Å². The van der Waals surface area contributed by atoms with Crippen LogP contribution in [0, 0.1) is 13.5 Å². The van der Waals surface area contributed by atoms with Gasteiger partial charge in [0.2, 0.25) is 5.88 Å². The third-order valence-electron chi connectivity index (χ3n) is 4.30. The van der Waals surface area contributed by atoms with Crippen LogP contribution in [0.4, 0.5) is 32.0 Å². The van der Waals surface area contributed by atoms with E-state index in [1.54, 1.807) is 11.5 Å². The van der Waals surface area contributed by atoms with Gasteiger partial charge in [-0.2, -0.15) is 26.3 Å². The van der Waals surface area contributed by atoms with Crippen molar-refractivity contribution in [2.24, 2.45) is 0 Å². The van der Waals surface area contributed by atoms with E-state index in [0.29, 0.717) is 11.9 Å². The third kappa shape index (κ3) is 4.13. The number of hydrogen-bond donors (Lipinski definition) is 0. The quantitative estimate of drug-likeness (QED) is 0.387. The van der Waals surface area contributed by atoms with E-state index < -0.39 is 29.2 Å². The van der Waals surface area contributed by atoms with Gasteiger partial charge in [-0.3, -0.25) is 0 Å². The van der Waals surface area contributed by atoms with E-state index in [9.17, 15) is 26.3 Å². The summed E-state index contributed by atoms with van der Waals surface area (Å²) in [7, 11) is 0. The van der Waals surface area contributed by atoms with Gasteiger partial charge in [-0.05, 0) is 25.1 Å². The van der Waals surface area contributed by atoms with Crippen molar-refractivity contribution in [1.82, 2.24) is 9.55 Å². The Morgan fingerprint density at radius 2 is 1.79 bits per heavy atom. The summed E-state index contributed by atoms with van der Waals surface area (Å²) in [5.74, 6) is -0.0293. The zero-order chi connectivity index (χ0) is 21.4. The van der Waals surface area contributed by atoms with Crippen molar-refractivity contribution in [3.05, 3.63) is 64.8 Å². The van der Waals surface area contributed by atoms with Gasteiger partial charge in [0.15, 0.2) is 5.69 Å². The predicted octanol–water partition coefficient (Wildman–Crippen LogP) is 6.01. The van der Waals surface area contributed by atoms with Gasteiger partial charge in [0.05, 0.1) is 24.2 Å². The Kier molecular flexibility index (Phi) is 5.17. The number of rotatable bonds is 4. The second-order valence-electron chi connectivity index (χ2n) is 6.17. The molecule has 0 aliphatic heterocycles. The molecule has 0 spiro atoms. The maximum absolute atomic E-state index is 13.4. The molecular formula is C19H13F6N3O. The van der Waals surface area contributed by atoms with Crippen molar-refractivity contribution in [3.63, 3.8) is 0 Å². The molecule has 3 aromatic rings. The fourth-order valence-electron chi connectivity index (χ4n) is 3.02. The first kappa shape index (κ1) is 20.5. The smallest absolute Gasteiger partial charge is 0.417 e. The Labute approximate surface area is 161 Å². The van der Waals surface area contributed by atoms with Gasteiger partial charge in [-0.25, -0.2) is 9.83 Å². The molecule has 2 aromatic heterocycles. The van der Waals surface area contributed by atoms with Crippen LogP contribution in [-0.4, -0.2) is 16.2 Å². The number of ether oxygens (including phenoxy) is 1. The van der Waals surface area contributed by atoms with Crippen LogP contribution in [0.2, 0.25) is 0 Å². The number of pyridine rings is 1.